The number of amides is 1. The molecule has 0 aromatic heterocycles. The van der Waals surface area contributed by atoms with E-state index in [1.807, 2.05) is 13.8 Å². The molecule has 2 aromatic carbocycles. The fraction of sp³-hybridized carbons (Fsp3) is 0.294. The molecule has 0 unspecified atom stereocenters. The summed E-state index contributed by atoms with van der Waals surface area (Å²) in [6.07, 6.45) is 1.04. The van der Waals surface area contributed by atoms with Crippen LogP contribution in [0.1, 0.15) is 37.0 Å². The quantitative estimate of drug-likeness (QED) is 0.928. The van der Waals surface area contributed by atoms with Crippen LogP contribution in [-0.2, 0) is 0 Å². The van der Waals surface area contributed by atoms with Crippen molar-refractivity contribution in [3.8, 4) is 6.07 Å². The average Bonchev–Trinajstić information content (AvgIpc) is 2.53. The van der Waals surface area contributed by atoms with Gasteiger partial charge in [0, 0.05) is 10.9 Å². The summed E-state index contributed by atoms with van der Waals surface area (Å²) < 4.78 is 13.8. The second kappa shape index (κ2) is 5.92. The number of fused-ring (bicyclic) bond motifs is 1. The van der Waals surface area contributed by atoms with Crippen molar-refractivity contribution in [1.29, 1.82) is 5.26 Å². The molecule has 0 bridgehead atoms. The van der Waals surface area contributed by atoms with Crippen LogP contribution in [0.2, 0.25) is 0 Å². The topological polar surface area (TPSA) is 52.9 Å². The number of carbonyl (C=O) groups excluding carboxylic acids is 1. The predicted molar refractivity (Wildman–Crippen MR) is 80.3 cm³/mol. The summed E-state index contributed by atoms with van der Waals surface area (Å²) in [6.45, 7) is 3.71. The number of hydrogen-bond acceptors (Lipinski definition) is 2. The molecule has 0 aliphatic rings. The molecule has 2 aromatic rings. The van der Waals surface area contributed by atoms with Crippen LogP contribution in [0.25, 0.3) is 10.8 Å². The van der Waals surface area contributed by atoms with E-state index in [1.54, 1.807) is 24.3 Å². The monoisotopic (exact) mass is 284 g/mol. The number of nitrogens with one attached hydrogen (secondary N) is 1. The number of benzene rings is 2. The molecule has 0 saturated heterocycles. The Kier molecular flexibility index (Phi) is 4.23. The van der Waals surface area contributed by atoms with Crippen LogP contribution in [0, 0.1) is 17.1 Å². The zero-order valence-corrected chi connectivity index (χ0v) is 12.1. The molecular formula is C17H17FN2O. The van der Waals surface area contributed by atoms with Gasteiger partial charge in [0.15, 0.2) is 0 Å². The van der Waals surface area contributed by atoms with Crippen LogP contribution in [0.15, 0.2) is 36.4 Å². The predicted octanol–water partition coefficient (Wildman–Crippen LogP) is 3.79. The maximum Gasteiger partial charge on any atom is 0.253 e. The molecule has 108 valence electrons. The molecule has 4 heteroatoms. The third kappa shape index (κ3) is 2.73. The van der Waals surface area contributed by atoms with Crippen LogP contribution < -0.4 is 5.32 Å². The van der Waals surface area contributed by atoms with E-state index in [2.05, 4.69) is 11.4 Å². The van der Waals surface area contributed by atoms with E-state index in [9.17, 15) is 14.4 Å². The Morgan fingerprint density at radius 3 is 2.38 bits per heavy atom. The minimum absolute atomic E-state index is 0.351. The normalized spacial score (nSPS) is 11.1. The minimum Gasteiger partial charge on any atom is -0.334 e. The zero-order valence-electron chi connectivity index (χ0n) is 12.1. The summed E-state index contributed by atoms with van der Waals surface area (Å²) in [7, 11) is 0. The largest absolute Gasteiger partial charge is 0.334 e. The molecule has 0 radical (unpaired) electrons. The number of carbonyl (C=O) groups is 1. The minimum atomic E-state index is -0.882. The smallest absolute Gasteiger partial charge is 0.253 e. The van der Waals surface area contributed by atoms with Gasteiger partial charge in [0.05, 0.1) is 6.07 Å². The number of halogens is 1. The molecule has 21 heavy (non-hydrogen) atoms. The first-order valence-electron chi connectivity index (χ1n) is 6.98. The van der Waals surface area contributed by atoms with Gasteiger partial charge in [-0.1, -0.05) is 38.1 Å². The lowest BCUT2D eigenvalue weighted by atomic mass is 9.93. The molecule has 0 saturated carbocycles. The third-order valence-corrected chi connectivity index (χ3v) is 3.89. The molecule has 0 aliphatic carbocycles. The number of rotatable bonds is 4. The van der Waals surface area contributed by atoms with E-state index >= 15 is 0 Å². The molecule has 2 rings (SSSR count). The summed E-state index contributed by atoms with van der Waals surface area (Å²) in [5.74, 6) is -0.712. The molecule has 1 N–H and O–H groups in total. The van der Waals surface area contributed by atoms with Gasteiger partial charge in [-0.3, -0.25) is 4.79 Å². The molecular weight excluding hydrogens is 267 g/mol. The Labute approximate surface area is 123 Å². The fourth-order valence-corrected chi connectivity index (χ4v) is 2.36. The molecule has 0 aliphatic heterocycles. The Morgan fingerprint density at radius 2 is 1.81 bits per heavy atom. The van der Waals surface area contributed by atoms with Crippen LogP contribution in [0.3, 0.4) is 0 Å². The second-order valence-electron chi connectivity index (χ2n) is 5.00. The lowest BCUT2D eigenvalue weighted by Crippen LogP contribution is -2.46. The highest BCUT2D eigenvalue weighted by Gasteiger charge is 2.28. The van der Waals surface area contributed by atoms with Gasteiger partial charge in [0.2, 0.25) is 0 Å². The summed E-state index contributed by atoms with van der Waals surface area (Å²) in [5, 5.41) is 13.0. The van der Waals surface area contributed by atoms with E-state index in [0.717, 1.165) is 0 Å². The first-order valence-corrected chi connectivity index (χ1v) is 6.98. The van der Waals surface area contributed by atoms with Gasteiger partial charge in [0.1, 0.15) is 11.4 Å². The Hall–Kier alpha value is -2.41. The van der Waals surface area contributed by atoms with Crippen molar-refractivity contribution < 1.29 is 9.18 Å². The van der Waals surface area contributed by atoms with Gasteiger partial charge in [-0.25, -0.2) is 4.39 Å². The van der Waals surface area contributed by atoms with Crippen LogP contribution in [0.4, 0.5) is 4.39 Å². The highest BCUT2D eigenvalue weighted by Crippen LogP contribution is 2.23. The maximum absolute atomic E-state index is 13.8. The Morgan fingerprint density at radius 1 is 1.19 bits per heavy atom. The highest BCUT2D eigenvalue weighted by molar-refractivity contribution is 6.07. The highest BCUT2D eigenvalue weighted by atomic mass is 19.1. The van der Waals surface area contributed by atoms with Crippen molar-refractivity contribution >= 4 is 16.7 Å². The number of hydrogen-bond donors (Lipinski definition) is 1. The van der Waals surface area contributed by atoms with Crippen molar-refractivity contribution in [2.45, 2.75) is 32.2 Å². The molecule has 0 atom stereocenters. The lowest BCUT2D eigenvalue weighted by molar-refractivity contribution is 0.0917. The van der Waals surface area contributed by atoms with E-state index in [0.29, 0.717) is 29.2 Å². The number of nitriles is 1. The van der Waals surface area contributed by atoms with Gasteiger partial charge in [-0.05, 0) is 30.4 Å². The molecule has 0 fully saturated rings. The van der Waals surface area contributed by atoms with E-state index in [1.165, 1.54) is 12.1 Å². The summed E-state index contributed by atoms with van der Waals surface area (Å²) >= 11 is 0. The van der Waals surface area contributed by atoms with E-state index < -0.39 is 5.54 Å². The Bertz CT molecular complexity index is 714. The average molecular weight is 284 g/mol. The molecule has 0 spiro atoms. The summed E-state index contributed by atoms with van der Waals surface area (Å²) in [4.78, 5) is 12.5. The standard InChI is InChI=1S/C17H17FN2O/c1-3-17(4-2,11-19)20-16(21)14-9-10-15(18)13-8-6-5-7-12(13)14/h5-10H,3-4H2,1-2H3,(H,20,21). The molecule has 1 amide bonds. The summed E-state index contributed by atoms with van der Waals surface area (Å²) in [5.41, 5.74) is -0.499. The van der Waals surface area contributed by atoms with Gasteiger partial charge >= 0.3 is 0 Å². The van der Waals surface area contributed by atoms with E-state index in [4.69, 9.17) is 0 Å². The van der Waals surface area contributed by atoms with Gasteiger partial charge in [0.25, 0.3) is 5.91 Å². The van der Waals surface area contributed by atoms with Crippen LogP contribution in [-0.4, -0.2) is 11.4 Å². The van der Waals surface area contributed by atoms with Gasteiger partial charge in [-0.2, -0.15) is 5.26 Å². The van der Waals surface area contributed by atoms with Crippen molar-refractivity contribution in [3.63, 3.8) is 0 Å². The van der Waals surface area contributed by atoms with Gasteiger partial charge in [-0.15, -0.1) is 0 Å². The lowest BCUT2D eigenvalue weighted by Gasteiger charge is -2.25. The fourth-order valence-electron chi connectivity index (χ4n) is 2.36. The van der Waals surface area contributed by atoms with Gasteiger partial charge < -0.3 is 5.32 Å². The van der Waals surface area contributed by atoms with Crippen LogP contribution in [0.5, 0.6) is 0 Å². The van der Waals surface area contributed by atoms with Crippen molar-refractivity contribution in [1.82, 2.24) is 5.32 Å². The Balaban J connectivity index is 2.46. The van der Waals surface area contributed by atoms with Crippen LogP contribution >= 0.6 is 0 Å². The molecule has 3 nitrogen and oxygen atoms in total. The number of nitrogens with zero attached hydrogens (tertiary/aromatic N) is 1. The first-order chi connectivity index (χ1) is 10.1. The van der Waals surface area contributed by atoms with Crippen molar-refractivity contribution in [2.75, 3.05) is 0 Å². The maximum atomic E-state index is 13.8. The zero-order chi connectivity index (χ0) is 15.5. The SMILES string of the molecule is CCC(C#N)(CC)NC(=O)c1ccc(F)c2ccccc12. The van der Waals surface area contributed by atoms with Crippen molar-refractivity contribution in [3.05, 3.63) is 47.8 Å². The second-order valence-corrected chi connectivity index (χ2v) is 5.00. The van der Waals surface area contributed by atoms with Crippen molar-refractivity contribution in [2.24, 2.45) is 0 Å². The van der Waals surface area contributed by atoms with E-state index in [-0.39, 0.29) is 11.7 Å². The molecule has 0 heterocycles. The third-order valence-electron chi connectivity index (χ3n) is 3.89. The summed E-state index contributed by atoms with van der Waals surface area (Å²) in [6, 6.07) is 11.7. The first kappa shape index (κ1) is 15.0.